The molecule has 4 rings (SSSR count). The molecule has 1 saturated heterocycles. The van der Waals surface area contributed by atoms with Crippen LogP contribution in [0.25, 0.3) is 0 Å². The maximum atomic E-state index is 12.4. The van der Waals surface area contributed by atoms with Crippen LogP contribution >= 0.6 is 12.4 Å². The minimum absolute atomic E-state index is 0. The van der Waals surface area contributed by atoms with Crippen molar-refractivity contribution in [3.8, 4) is 0 Å². The molecule has 2 aromatic rings. The van der Waals surface area contributed by atoms with E-state index in [0.29, 0.717) is 19.4 Å². The predicted octanol–water partition coefficient (Wildman–Crippen LogP) is 2.28. The first-order chi connectivity index (χ1) is 14.2. The van der Waals surface area contributed by atoms with E-state index in [1.807, 2.05) is 29.2 Å². The average molecular weight is 432 g/mol. The molecule has 30 heavy (non-hydrogen) atoms. The Morgan fingerprint density at radius 1 is 1.07 bits per heavy atom. The molecule has 0 unspecified atom stereocenters. The predicted molar refractivity (Wildman–Crippen MR) is 118 cm³/mol. The molecule has 7 nitrogen and oxygen atoms in total. The van der Waals surface area contributed by atoms with Crippen molar-refractivity contribution in [1.82, 2.24) is 25.3 Å². The number of hydrogen-bond donors (Lipinski definition) is 2. The maximum Gasteiger partial charge on any atom is 0.253 e. The molecule has 1 aromatic heterocycles. The van der Waals surface area contributed by atoms with Gasteiger partial charge >= 0.3 is 0 Å². The van der Waals surface area contributed by atoms with Gasteiger partial charge in [0.15, 0.2) is 0 Å². The number of likely N-dealkylation sites (tertiary alicyclic amines) is 1. The molecule has 3 heterocycles. The highest BCUT2D eigenvalue weighted by molar-refractivity contribution is 5.94. The van der Waals surface area contributed by atoms with Crippen LogP contribution in [0.1, 0.15) is 53.0 Å². The van der Waals surface area contributed by atoms with Crippen LogP contribution in [0.2, 0.25) is 0 Å². The summed E-state index contributed by atoms with van der Waals surface area (Å²) in [5, 5.41) is 11.0. The zero-order chi connectivity index (χ0) is 20.1. The fourth-order valence-electron chi connectivity index (χ4n) is 3.94. The molecule has 0 bridgehead atoms. The van der Waals surface area contributed by atoms with Crippen molar-refractivity contribution in [1.29, 1.82) is 0 Å². The van der Waals surface area contributed by atoms with Gasteiger partial charge in [-0.25, -0.2) is 0 Å². The fraction of sp³-hybridized carbons (Fsp3) is 0.500. The van der Waals surface area contributed by atoms with Crippen LogP contribution in [0.5, 0.6) is 0 Å². The lowest BCUT2D eigenvalue weighted by atomic mass is 10.1. The highest BCUT2D eigenvalue weighted by Crippen LogP contribution is 2.14. The van der Waals surface area contributed by atoms with E-state index in [1.165, 1.54) is 5.69 Å². The topological polar surface area (TPSA) is 79.3 Å². The van der Waals surface area contributed by atoms with E-state index in [9.17, 15) is 9.59 Å². The summed E-state index contributed by atoms with van der Waals surface area (Å²) in [6.07, 6.45) is 4.34. The third-order valence-corrected chi connectivity index (χ3v) is 5.64. The Morgan fingerprint density at radius 2 is 1.83 bits per heavy atom. The normalized spacial score (nSPS) is 15.8. The summed E-state index contributed by atoms with van der Waals surface area (Å²) >= 11 is 0. The van der Waals surface area contributed by atoms with Gasteiger partial charge in [-0.3, -0.25) is 14.3 Å². The molecule has 162 valence electrons. The van der Waals surface area contributed by atoms with Crippen molar-refractivity contribution in [2.45, 2.75) is 51.7 Å². The summed E-state index contributed by atoms with van der Waals surface area (Å²) in [4.78, 5) is 26.5. The highest BCUT2D eigenvalue weighted by Gasteiger charge is 2.19. The smallest absolute Gasteiger partial charge is 0.253 e. The molecule has 0 spiro atoms. The molecular formula is C22H30ClN5O2. The molecule has 0 atom stereocenters. The zero-order valence-electron chi connectivity index (χ0n) is 17.2. The van der Waals surface area contributed by atoms with Gasteiger partial charge in [-0.1, -0.05) is 12.1 Å². The molecule has 1 fully saturated rings. The van der Waals surface area contributed by atoms with Crippen molar-refractivity contribution < 1.29 is 9.59 Å². The van der Waals surface area contributed by atoms with E-state index >= 15 is 0 Å². The Balaban J connectivity index is 0.00000256. The van der Waals surface area contributed by atoms with Crippen LogP contribution in [0.3, 0.4) is 0 Å². The molecule has 0 aliphatic carbocycles. The van der Waals surface area contributed by atoms with Crippen LogP contribution in [-0.4, -0.2) is 46.1 Å². The second-order valence-electron chi connectivity index (χ2n) is 7.85. The van der Waals surface area contributed by atoms with Gasteiger partial charge in [-0.2, -0.15) is 5.10 Å². The monoisotopic (exact) mass is 431 g/mol. The first-order valence-electron chi connectivity index (χ1n) is 10.6. The number of aryl methyl sites for hydroxylation is 2. The Bertz CT molecular complexity index is 835. The van der Waals surface area contributed by atoms with Gasteiger partial charge in [0, 0.05) is 51.1 Å². The van der Waals surface area contributed by atoms with Gasteiger partial charge in [0.05, 0.1) is 11.4 Å². The number of carbonyl (C=O) groups excluding carboxylic acids is 2. The number of halogens is 1. The summed E-state index contributed by atoms with van der Waals surface area (Å²) in [6, 6.07) is 9.65. The number of amides is 2. The first-order valence-corrected chi connectivity index (χ1v) is 10.6. The number of rotatable bonds is 6. The summed E-state index contributed by atoms with van der Waals surface area (Å²) in [5.41, 5.74) is 3.89. The number of benzene rings is 1. The lowest BCUT2D eigenvalue weighted by Crippen LogP contribution is -2.27. The Morgan fingerprint density at radius 3 is 2.60 bits per heavy atom. The molecule has 2 aliphatic rings. The zero-order valence-corrected chi connectivity index (χ0v) is 18.0. The first kappa shape index (κ1) is 22.3. The second-order valence-corrected chi connectivity index (χ2v) is 7.85. The largest absolute Gasteiger partial charge is 0.352 e. The minimum atomic E-state index is 0. The summed E-state index contributed by atoms with van der Waals surface area (Å²) in [5.74, 6) is 0.121. The van der Waals surface area contributed by atoms with E-state index in [1.54, 1.807) is 0 Å². The van der Waals surface area contributed by atoms with Crippen LogP contribution in [-0.2, 0) is 30.8 Å². The summed E-state index contributed by atoms with van der Waals surface area (Å²) in [6.45, 7) is 4.98. The Kier molecular flexibility index (Phi) is 7.87. The summed E-state index contributed by atoms with van der Waals surface area (Å²) < 4.78 is 2.05. The van der Waals surface area contributed by atoms with Gasteiger partial charge in [-0.15, -0.1) is 12.4 Å². The third kappa shape index (κ3) is 5.61. The standard InChI is InChI=1S/C22H29N5O2.ClH/c28-21(9-8-19-14-20-16-23-10-3-13-27(20)25-19)24-15-17-4-6-18(7-5-17)22(29)26-11-1-2-12-26;/h4-7,14,23H,1-3,8-13,15-16H2,(H,24,28);1H. The fourth-order valence-corrected chi connectivity index (χ4v) is 3.94. The van der Waals surface area contributed by atoms with E-state index in [2.05, 4.69) is 26.5 Å². The number of carbonyl (C=O) groups is 2. The number of hydrogen-bond acceptors (Lipinski definition) is 4. The van der Waals surface area contributed by atoms with E-state index in [-0.39, 0.29) is 24.2 Å². The van der Waals surface area contributed by atoms with Crippen LogP contribution in [0.4, 0.5) is 0 Å². The van der Waals surface area contributed by atoms with Gasteiger partial charge in [0.25, 0.3) is 5.91 Å². The van der Waals surface area contributed by atoms with Crippen LogP contribution < -0.4 is 10.6 Å². The molecule has 0 saturated carbocycles. The molecule has 2 N–H and O–H groups in total. The van der Waals surface area contributed by atoms with Gasteiger partial charge in [0.1, 0.15) is 0 Å². The van der Waals surface area contributed by atoms with Crippen molar-refractivity contribution in [3.05, 3.63) is 52.8 Å². The van der Waals surface area contributed by atoms with Crippen molar-refractivity contribution >= 4 is 24.2 Å². The van der Waals surface area contributed by atoms with Crippen LogP contribution in [0.15, 0.2) is 30.3 Å². The van der Waals surface area contributed by atoms with E-state index in [4.69, 9.17) is 0 Å². The van der Waals surface area contributed by atoms with Crippen molar-refractivity contribution in [2.75, 3.05) is 19.6 Å². The van der Waals surface area contributed by atoms with Crippen LogP contribution in [0, 0.1) is 0 Å². The number of nitrogens with zero attached hydrogens (tertiary/aromatic N) is 3. The number of fused-ring (bicyclic) bond motifs is 1. The van der Waals surface area contributed by atoms with Gasteiger partial charge in [0.2, 0.25) is 5.91 Å². The molecule has 1 aromatic carbocycles. The summed E-state index contributed by atoms with van der Waals surface area (Å²) in [7, 11) is 0. The molecule has 0 radical (unpaired) electrons. The lowest BCUT2D eigenvalue weighted by Gasteiger charge is -2.15. The van der Waals surface area contributed by atoms with E-state index in [0.717, 1.165) is 68.8 Å². The molecular weight excluding hydrogens is 402 g/mol. The van der Waals surface area contributed by atoms with Gasteiger partial charge in [-0.05, 0) is 49.6 Å². The molecule has 2 aliphatic heterocycles. The number of nitrogens with one attached hydrogen (secondary N) is 2. The van der Waals surface area contributed by atoms with Crippen molar-refractivity contribution in [2.24, 2.45) is 0 Å². The Hall–Kier alpha value is -2.38. The average Bonchev–Trinajstić information content (AvgIpc) is 3.36. The second kappa shape index (κ2) is 10.6. The lowest BCUT2D eigenvalue weighted by molar-refractivity contribution is -0.121. The Labute approximate surface area is 183 Å². The maximum absolute atomic E-state index is 12.4. The molecule has 8 heteroatoms. The number of aromatic nitrogens is 2. The SMILES string of the molecule is Cl.O=C(CCc1cc2n(n1)CCCNC2)NCc1ccc(C(=O)N2CCCC2)cc1. The van der Waals surface area contributed by atoms with E-state index < -0.39 is 0 Å². The molecule has 2 amide bonds. The quantitative estimate of drug-likeness (QED) is 0.735. The highest BCUT2D eigenvalue weighted by atomic mass is 35.5. The van der Waals surface area contributed by atoms with Crippen molar-refractivity contribution in [3.63, 3.8) is 0 Å². The van der Waals surface area contributed by atoms with Gasteiger partial charge < -0.3 is 15.5 Å². The minimum Gasteiger partial charge on any atom is -0.352 e. The third-order valence-electron chi connectivity index (χ3n) is 5.64.